The molecule has 0 radical (unpaired) electrons. The summed E-state index contributed by atoms with van der Waals surface area (Å²) in [6.45, 7) is 5.30. The van der Waals surface area contributed by atoms with Crippen molar-refractivity contribution >= 4 is 5.78 Å². The molecule has 0 atom stereocenters. The van der Waals surface area contributed by atoms with Gasteiger partial charge in [-0.25, -0.2) is 0 Å². The number of benzene rings is 1. The van der Waals surface area contributed by atoms with E-state index in [1.807, 2.05) is 26.0 Å². The van der Waals surface area contributed by atoms with Crippen LogP contribution in [-0.4, -0.2) is 48.6 Å². The minimum absolute atomic E-state index is 0.0455. The van der Waals surface area contributed by atoms with Crippen molar-refractivity contribution in [2.45, 2.75) is 26.3 Å². The molecule has 0 saturated heterocycles. The van der Waals surface area contributed by atoms with E-state index in [4.69, 9.17) is 9.84 Å². The molecule has 1 aromatic carbocycles. The lowest BCUT2D eigenvalue weighted by molar-refractivity contribution is 0.0893. The van der Waals surface area contributed by atoms with Crippen LogP contribution in [0.1, 0.15) is 30.6 Å². The third-order valence-electron chi connectivity index (χ3n) is 3.09. The molecular weight excluding hydrogens is 242 g/mol. The lowest BCUT2D eigenvalue weighted by Crippen LogP contribution is -2.36. The van der Waals surface area contributed by atoms with Crippen molar-refractivity contribution in [1.29, 1.82) is 0 Å². The van der Waals surface area contributed by atoms with Gasteiger partial charge in [-0.3, -0.25) is 9.69 Å². The fourth-order valence-corrected chi connectivity index (χ4v) is 1.94. The monoisotopic (exact) mass is 265 g/mol. The molecule has 4 heteroatoms. The maximum Gasteiger partial charge on any atom is 0.180 e. The van der Waals surface area contributed by atoms with Crippen LogP contribution in [0.3, 0.4) is 0 Å². The summed E-state index contributed by atoms with van der Waals surface area (Å²) in [6.07, 6.45) is 0.678. The number of carbonyl (C=O) groups is 1. The van der Waals surface area contributed by atoms with Gasteiger partial charge in [0.25, 0.3) is 0 Å². The number of aliphatic hydroxyl groups is 1. The van der Waals surface area contributed by atoms with Gasteiger partial charge < -0.3 is 9.84 Å². The Bertz CT molecular complexity index is 404. The van der Waals surface area contributed by atoms with Gasteiger partial charge in [0.1, 0.15) is 5.75 Å². The van der Waals surface area contributed by atoms with E-state index < -0.39 is 0 Å². The Labute approximate surface area is 115 Å². The van der Waals surface area contributed by atoms with Crippen LogP contribution in [0.2, 0.25) is 0 Å². The van der Waals surface area contributed by atoms with Crippen molar-refractivity contribution < 1.29 is 14.6 Å². The molecule has 0 amide bonds. The van der Waals surface area contributed by atoms with E-state index in [1.165, 1.54) is 0 Å². The molecule has 1 aromatic rings. The molecule has 0 fully saturated rings. The number of rotatable bonds is 8. The summed E-state index contributed by atoms with van der Waals surface area (Å²) in [5.74, 6) is 0.655. The van der Waals surface area contributed by atoms with E-state index >= 15 is 0 Å². The quantitative estimate of drug-likeness (QED) is 0.730. The van der Waals surface area contributed by atoms with Gasteiger partial charge in [0.15, 0.2) is 5.78 Å². The predicted molar refractivity (Wildman–Crippen MR) is 75.7 cm³/mol. The summed E-state index contributed by atoms with van der Waals surface area (Å²) < 4.78 is 5.21. The second-order valence-corrected chi connectivity index (χ2v) is 4.76. The highest BCUT2D eigenvalue weighted by molar-refractivity contribution is 6.00. The minimum Gasteiger partial charge on any atom is -0.496 e. The number of aliphatic hydroxyl groups excluding tert-OH is 1. The fraction of sp³-hybridized carbons (Fsp3) is 0.533. The summed E-state index contributed by atoms with van der Waals surface area (Å²) in [5, 5.41) is 8.90. The molecule has 1 N–H and O–H groups in total. The van der Waals surface area contributed by atoms with Crippen molar-refractivity contribution in [2.75, 3.05) is 26.8 Å². The molecule has 0 aliphatic rings. The van der Waals surface area contributed by atoms with E-state index in [-0.39, 0.29) is 18.4 Å². The van der Waals surface area contributed by atoms with Crippen LogP contribution in [0.5, 0.6) is 5.75 Å². The number of Topliss-reactive ketones (excluding diaryl/α,β-unsaturated/α-hetero) is 1. The van der Waals surface area contributed by atoms with Crippen LogP contribution < -0.4 is 4.74 Å². The normalized spacial score (nSPS) is 11.1. The maximum absolute atomic E-state index is 12.3. The first-order valence-electron chi connectivity index (χ1n) is 6.61. The maximum atomic E-state index is 12.3. The Kier molecular flexibility index (Phi) is 6.53. The summed E-state index contributed by atoms with van der Waals surface area (Å²) in [6, 6.07) is 7.53. The first-order valence-corrected chi connectivity index (χ1v) is 6.61. The lowest BCUT2D eigenvalue weighted by atomic mass is 10.1. The first kappa shape index (κ1) is 15.7. The summed E-state index contributed by atoms with van der Waals surface area (Å²) >= 11 is 0. The summed E-state index contributed by atoms with van der Waals surface area (Å²) in [5.41, 5.74) is 0.611. The number of nitrogens with zero attached hydrogens (tertiary/aromatic N) is 1. The van der Waals surface area contributed by atoms with Crippen molar-refractivity contribution in [1.82, 2.24) is 4.90 Å². The molecule has 0 spiro atoms. The molecule has 0 heterocycles. The molecule has 0 aliphatic carbocycles. The molecule has 0 aromatic heterocycles. The van der Waals surface area contributed by atoms with Gasteiger partial charge in [-0.1, -0.05) is 12.1 Å². The van der Waals surface area contributed by atoms with Gasteiger partial charge in [-0.05, 0) is 32.4 Å². The van der Waals surface area contributed by atoms with Crippen LogP contribution in [0.15, 0.2) is 24.3 Å². The summed E-state index contributed by atoms with van der Waals surface area (Å²) in [7, 11) is 1.57. The topological polar surface area (TPSA) is 49.8 Å². The molecule has 19 heavy (non-hydrogen) atoms. The lowest BCUT2D eigenvalue weighted by Gasteiger charge is -2.25. The van der Waals surface area contributed by atoms with E-state index in [0.29, 0.717) is 24.3 Å². The minimum atomic E-state index is 0.0455. The zero-order valence-corrected chi connectivity index (χ0v) is 11.9. The van der Waals surface area contributed by atoms with Crippen molar-refractivity contribution in [3.63, 3.8) is 0 Å². The van der Waals surface area contributed by atoms with Crippen molar-refractivity contribution in [2.24, 2.45) is 0 Å². The molecule has 0 unspecified atom stereocenters. The van der Waals surface area contributed by atoms with Gasteiger partial charge in [0, 0.05) is 19.2 Å². The zero-order valence-electron chi connectivity index (χ0n) is 11.9. The van der Waals surface area contributed by atoms with Crippen LogP contribution >= 0.6 is 0 Å². The third kappa shape index (κ3) is 4.65. The highest BCUT2D eigenvalue weighted by Crippen LogP contribution is 2.18. The van der Waals surface area contributed by atoms with Crippen molar-refractivity contribution in [3.8, 4) is 5.75 Å². The van der Waals surface area contributed by atoms with Gasteiger partial charge in [0.05, 0.1) is 19.2 Å². The fourth-order valence-electron chi connectivity index (χ4n) is 1.94. The predicted octanol–water partition coefficient (Wildman–Crippen LogP) is 1.97. The Morgan fingerprint density at radius 3 is 2.63 bits per heavy atom. The van der Waals surface area contributed by atoms with Crippen LogP contribution in [0.25, 0.3) is 0 Å². The zero-order chi connectivity index (χ0) is 14.3. The second kappa shape index (κ2) is 7.92. The Hall–Kier alpha value is -1.39. The Balaban J connectivity index is 2.76. The molecule has 1 rings (SSSR count). The number of hydrogen-bond donors (Lipinski definition) is 1. The van der Waals surface area contributed by atoms with Gasteiger partial charge in [-0.15, -0.1) is 0 Å². The van der Waals surface area contributed by atoms with E-state index in [9.17, 15) is 4.79 Å². The van der Waals surface area contributed by atoms with E-state index in [2.05, 4.69) is 4.90 Å². The smallest absolute Gasteiger partial charge is 0.180 e. The second-order valence-electron chi connectivity index (χ2n) is 4.76. The van der Waals surface area contributed by atoms with E-state index in [0.717, 1.165) is 6.54 Å². The standard InChI is InChI=1S/C15H23NO3/c1-12(2)16(9-6-10-17)11-14(18)13-7-4-5-8-15(13)19-3/h4-5,7-8,12,17H,6,9-11H2,1-3H3. The van der Waals surface area contributed by atoms with Gasteiger partial charge >= 0.3 is 0 Å². The number of carbonyl (C=O) groups excluding carboxylic acids is 1. The van der Waals surface area contributed by atoms with Gasteiger partial charge in [0.2, 0.25) is 0 Å². The van der Waals surface area contributed by atoms with Crippen molar-refractivity contribution in [3.05, 3.63) is 29.8 Å². The number of ketones is 1. The molecule has 0 aliphatic heterocycles. The molecule has 0 saturated carbocycles. The number of hydrogen-bond acceptors (Lipinski definition) is 4. The van der Waals surface area contributed by atoms with Gasteiger partial charge in [-0.2, -0.15) is 0 Å². The highest BCUT2D eigenvalue weighted by Gasteiger charge is 2.17. The highest BCUT2D eigenvalue weighted by atomic mass is 16.5. The van der Waals surface area contributed by atoms with E-state index in [1.54, 1.807) is 19.2 Å². The SMILES string of the molecule is COc1ccccc1C(=O)CN(CCCO)C(C)C. The average molecular weight is 265 g/mol. The van der Waals surface area contributed by atoms with Crippen LogP contribution in [-0.2, 0) is 0 Å². The first-order chi connectivity index (χ1) is 9.10. The molecule has 0 bridgehead atoms. The molecule has 4 nitrogen and oxygen atoms in total. The molecular formula is C15H23NO3. The van der Waals surface area contributed by atoms with Crippen LogP contribution in [0, 0.1) is 0 Å². The average Bonchev–Trinajstić information content (AvgIpc) is 2.42. The number of methoxy groups -OCH3 is 1. The van der Waals surface area contributed by atoms with Crippen LogP contribution in [0.4, 0.5) is 0 Å². The Morgan fingerprint density at radius 2 is 2.05 bits per heavy atom. The summed E-state index contributed by atoms with van der Waals surface area (Å²) in [4.78, 5) is 14.4. The number of ether oxygens (including phenoxy) is 1. The largest absolute Gasteiger partial charge is 0.496 e. The molecule has 106 valence electrons. The third-order valence-corrected chi connectivity index (χ3v) is 3.09. The Morgan fingerprint density at radius 1 is 1.37 bits per heavy atom. The number of para-hydroxylation sites is 1.